The van der Waals surface area contributed by atoms with Crippen molar-refractivity contribution in [2.24, 2.45) is 5.92 Å². The lowest BCUT2D eigenvalue weighted by atomic mass is 9.87. The van der Waals surface area contributed by atoms with Crippen LogP contribution in [0.25, 0.3) is 22.1 Å². The molecule has 0 atom stereocenters. The van der Waals surface area contributed by atoms with E-state index in [4.69, 9.17) is 5.26 Å². The normalized spacial score (nSPS) is 14.7. The maximum Gasteiger partial charge on any atom is 0.240 e. The Balaban J connectivity index is 0.000000318. The Hall–Kier alpha value is -3.22. The zero-order chi connectivity index (χ0) is 22.4. The number of nitrogens with one attached hydrogen (secondary N) is 3. The summed E-state index contributed by atoms with van der Waals surface area (Å²) in [4.78, 5) is 15.1. The summed E-state index contributed by atoms with van der Waals surface area (Å²) in [5.74, 6) is 1.28. The highest BCUT2D eigenvalue weighted by molar-refractivity contribution is 7.89. The molecule has 9 heteroatoms. The third-order valence-electron chi connectivity index (χ3n) is 5.67. The number of aromatic nitrogens is 4. The van der Waals surface area contributed by atoms with E-state index >= 15 is 0 Å². The zero-order valence-corrected chi connectivity index (χ0v) is 18.5. The highest BCUT2D eigenvalue weighted by atomic mass is 32.2. The lowest BCUT2D eigenvalue weighted by Crippen LogP contribution is -2.23. The van der Waals surface area contributed by atoms with Gasteiger partial charge in [0, 0.05) is 20.9 Å². The first kappa shape index (κ1) is 22.0. The SMILES string of the molecule is N#CCC1CCCCC1.O=S(=O)(NCc1nc2c(cnc3[nH]ccc32)[nH]1)c1ccccc1.[HH].[HH]. The number of pyridine rings is 1. The number of hydrogen-bond donors (Lipinski definition) is 3. The molecule has 0 radical (unpaired) electrons. The Labute approximate surface area is 190 Å². The molecule has 32 heavy (non-hydrogen) atoms. The minimum atomic E-state index is -3.56. The Morgan fingerprint density at radius 1 is 1.16 bits per heavy atom. The number of benzene rings is 1. The van der Waals surface area contributed by atoms with E-state index in [-0.39, 0.29) is 14.3 Å². The fraction of sp³-hybridized carbons (Fsp3) is 0.348. The van der Waals surface area contributed by atoms with E-state index in [9.17, 15) is 8.42 Å². The number of rotatable bonds is 5. The summed E-state index contributed by atoms with van der Waals surface area (Å²) in [6.07, 6.45) is 11.0. The Morgan fingerprint density at radius 2 is 1.94 bits per heavy atom. The van der Waals surface area contributed by atoms with Crippen LogP contribution in [0.4, 0.5) is 0 Å². The number of nitriles is 1. The van der Waals surface area contributed by atoms with Gasteiger partial charge in [-0.1, -0.05) is 37.5 Å². The molecule has 3 heterocycles. The third-order valence-corrected chi connectivity index (χ3v) is 7.09. The molecule has 5 rings (SSSR count). The summed E-state index contributed by atoms with van der Waals surface area (Å²) in [7, 11) is -3.56. The molecule has 1 fully saturated rings. The van der Waals surface area contributed by atoms with E-state index in [1.54, 1.807) is 42.7 Å². The van der Waals surface area contributed by atoms with Crippen LogP contribution in [0.15, 0.2) is 53.7 Å². The molecule has 4 aromatic rings. The zero-order valence-electron chi connectivity index (χ0n) is 17.7. The quantitative estimate of drug-likeness (QED) is 0.395. The number of nitrogens with zero attached hydrogens (tertiary/aromatic N) is 3. The number of imidazole rings is 1. The fourth-order valence-electron chi connectivity index (χ4n) is 3.97. The smallest absolute Gasteiger partial charge is 0.240 e. The maximum absolute atomic E-state index is 12.2. The molecule has 1 aliphatic rings. The molecule has 0 saturated heterocycles. The minimum absolute atomic E-state index is 0. The van der Waals surface area contributed by atoms with Crippen LogP contribution in [0.1, 0.15) is 47.2 Å². The van der Waals surface area contributed by atoms with Crippen LogP contribution in [-0.2, 0) is 16.6 Å². The molecule has 1 aliphatic carbocycles. The van der Waals surface area contributed by atoms with Gasteiger partial charge in [-0.25, -0.2) is 23.1 Å². The van der Waals surface area contributed by atoms with Crippen molar-refractivity contribution in [3.8, 4) is 6.07 Å². The topological polar surface area (TPSA) is 127 Å². The average Bonchev–Trinajstić information content (AvgIpc) is 3.46. The average molecular weight is 455 g/mol. The molecule has 0 spiro atoms. The molecule has 170 valence electrons. The highest BCUT2D eigenvalue weighted by Crippen LogP contribution is 2.25. The molecule has 1 aromatic carbocycles. The lowest BCUT2D eigenvalue weighted by Gasteiger charge is -2.17. The molecule has 0 amide bonds. The van der Waals surface area contributed by atoms with Crippen molar-refractivity contribution < 1.29 is 11.3 Å². The predicted molar refractivity (Wildman–Crippen MR) is 127 cm³/mol. The molecular weight excluding hydrogens is 424 g/mol. The first-order valence-corrected chi connectivity index (χ1v) is 12.3. The van der Waals surface area contributed by atoms with Crippen LogP contribution in [0.3, 0.4) is 0 Å². The van der Waals surface area contributed by atoms with E-state index in [0.717, 1.165) is 34.4 Å². The van der Waals surface area contributed by atoms with Gasteiger partial charge in [0.1, 0.15) is 17.0 Å². The van der Waals surface area contributed by atoms with Crippen molar-refractivity contribution >= 4 is 32.1 Å². The largest absolute Gasteiger partial charge is 0.346 e. The number of hydrogen-bond acceptors (Lipinski definition) is 5. The Kier molecular flexibility index (Phi) is 6.83. The first-order valence-electron chi connectivity index (χ1n) is 10.8. The molecule has 1 saturated carbocycles. The van der Waals surface area contributed by atoms with Gasteiger partial charge in [-0.2, -0.15) is 5.26 Å². The van der Waals surface area contributed by atoms with Gasteiger partial charge in [0.25, 0.3) is 0 Å². The fourth-order valence-corrected chi connectivity index (χ4v) is 4.98. The first-order chi connectivity index (χ1) is 15.6. The number of aromatic amines is 2. The molecule has 0 unspecified atom stereocenters. The molecule has 8 nitrogen and oxygen atoms in total. The van der Waals surface area contributed by atoms with Crippen molar-refractivity contribution in [2.45, 2.75) is 50.0 Å². The van der Waals surface area contributed by atoms with Crippen LogP contribution >= 0.6 is 0 Å². The van der Waals surface area contributed by atoms with Gasteiger partial charge in [0.15, 0.2) is 0 Å². The van der Waals surface area contributed by atoms with E-state index in [1.807, 2.05) is 6.07 Å². The van der Waals surface area contributed by atoms with Crippen LogP contribution in [0, 0.1) is 17.2 Å². The summed E-state index contributed by atoms with van der Waals surface area (Å²) in [6.45, 7) is 0.0812. The van der Waals surface area contributed by atoms with E-state index < -0.39 is 10.0 Å². The highest BCUT2D eigenvalue weighted by Gasteiger charge is 2.15. The van der Waals surface area contributed by atoms with E-state index in [1.165, 1.54) is 32.1 Å². The Morgan fingerprint density at radius 3 is 2.69 bits per heavy atom. The second-order valence-electron chi connectivity index (χ2n) is 7.95. The van der Waals surface area contributed by atoms with Gasteiger partial charge < -0.3 is 9.97 Å². The van der Waals surface area contributed by atoms with Crippen molar-refractivity contribution in [3.63, 3.8) is 0 Å². The summed E-state index contributed by atoms with van der Waals surface area (Å²) in [5.41, 5.74) is 2.29. The van der Waals surface area contributed by atoms with Gasteiger partial charge in [0.2, 0.25) is 10.0 Å². The van der Waals surface area contributed by atoms with Crippen molar-refractivity contribution in [3.05, 3.63) is 54.6 Å². The predicted octanol–water partition coefficient (Wildman–Crippen LogP) is 4.89. The standard InChI is InChI=1S/C15H13N5O2S.C8H13N.2H2/c21-23(22,10-4-2-1-3-5-10)18-9-13-19-12-8-17-15-11(6-7-16-15)14(12)20-13;9-7-6-8-4-2-1-3-5-8;;/h1-8,18H,9H2,(H,16,17)(H,19,20);8H,1-6H2;2*1H. The summed E-state index contributed by atoms with van der Waals surface area (Å²) in [5, 5.41) is 9.27. The van der Waals surface area contributed by atoms with Crippen molar-refractivity contribution in [1.82, 2.24) is 24.7 Å². The molecule has 0 bridgehead atoms. The van der Waals surface area contributed by atoms with Crippen LogP contribution in [0.5, 0.6) is 0 Å². The van der Waals surface area contributed by atoms with Gasteiger partial charge >= 0.3 is 0 Å². The summed E-state index contributed by atoms with van der Waals surface area (Å²) < 4.78 is 27.0. The third kappa shape index (κ3) is 5.15. The number of fused-ring (bicyclic) bond motifs is 3. The molecule has 3 N–H and O–H groups in total. The van der Waals surface area contributed by atoms with Gasteiger partial charge in [-0.3, -0.25) is 0 Å². The van der Waals surface area contributed by atoms with Crippen LogP contribution in [-0.4, -0.2) is 28.4 Å². The number of H-pyrrole nitrogens is 2. The minimum Gasteiger partial charge on any atom is -0.346 e. The van der Waals surface area contributed by atoms with Gasteiger partial charge in [-0.05, 0) is 37.0 Å². The molecule has 3 aromatic heterocycles. The van der Waals surface area contributed by atoms with Crippen molar-refractivity contribution in [2.75, 3.05) is 0 Å². The monoisotopic (exact) mass is 454 g/mol. The second-order valence-corrected chi connectivity index (χ2v) is 9.71. The summed E-state index contributed by atoms with van der Waals surface area (Å²) >= 11 is 0. The van der Waals surface area contributed by atoms with Gasteiger partial charge in [-0.15, -0.1) is 0 Å². The number of sulfonamides is 1. The van der Waals surface area contributed by atoms with Crippen LogP contribution < -0.4 is 4.72 Å². The maximum atomic E-state index is 12.2. The summed E-state index contributed by atoms with van der Waals surface area (Å²) in [6, 6.07) is 12.4. The lowest BCUT2D eigenvalue weighted by molar-refractivity contribution is 0.364. The van der Waals surface area contributed by atoms with Crippen LogP contribution in [0.2, 0.25) is 0 Å². The molecule has 0 aliphatic heterocycles. The van der Waals surface area contributed by atoms with E-state index in [2.05, 4.69) is 30.7 Å². The molecular formula is C23H30N6O2S. The van der Waals surface area contributed by atoms with Crippen molar-refractivity contribution in [1.29, 1.82) is 5.26 Å². The Bertz CT molecular complexity index is 1330. The second kappa shape index (κ2) is 9.94. The van der Waals surface area contributed by atoms with E-state index in [0.29, 0.717) is 5.82 Å². The van der Waals surface area contributed by atoms with Gasteiger partial charge in [0.05, 0.1) is 29.2 Å².